The Morgan fingerprint density at radius 2 is 1.97 bits per heavy atom. The number of fused-ring (bicyclic) bond motifs is 1. The largest absolute Gasteiger partial charge is 0.369 e. The zero-order chi connectivity index (χ0) is 22.1. The molecule has 1 aliphatic rings. The van der Waals surface area contributed by atoms with Crippen LogP contribution in [0.3, 0.4) is 0 Å². The van der Waals surface area contributed by atoms with Crippen molar-refractivity contribution in [3.63, 3.8) is 0 Å². The molecule has 5 rings (SSSR count). The van der Waals surface area contributed by atoms with Crippen LogP contribution in [-0.2, 0) is 11.8 Å². The van der Waals surface area contributed by atoms with E-state index in [9.17, 15) is 4.79 Å². The number of aryl methyl sites for hydroxylation is 1. The van der Waals surface area contributed by atoms with Gasteiger partial charge in [0, 0.05) is 73.2 Å². The van der Waals surface area contributed by atoms with Crippen LogP contribution in [0.4, 0.5) is 17.5 Å². The molecule has 0 saturated carbocycles. The topological polar surface area (TPSA) is 115 Å². The lowest BCUT2D eigenvalue weighted by Gasteiger charge is -2.32. The van der Waals surface area contributed by atoms with Gasteiger partial charge in [-0.2, -0.15) is 5.10 Å². The number of nitrogens with zero attached hydrogens (tertiary/aromatic N) is 6. The van der Waals surface area contributed by atoms with Gasteiger partial charge in [-0.05, 0) is 37.1 Å². The third-order valence-electron chi connectivity index (χ3n) is 5.83. The molecule has 5 heterocycles. The Balaban J connectivity index is 1.50. The highest BCUT2D eigenvalue weighted by molar-refractivity contribution is 5.94. The van der Waals surface area contributed by atoms with Gasteiger partial charge >= 0.3 is 0 Å². The van der Waals surface area contributed by atoms with Crippen molar-refractivity contribution in [1.82, 2.24) is 24.7 Å². The van der Waals surface area contributed by atoms with Crippen molar-refractivity contribution in [3.8, 4) is 11.3 Å². The highest BCUT2D eigenvalue weighted by atomic mass is 16.1. The predicted octanol–water partition coefficient (Wildman–Crippen LogP) is 2.87. The maximum atomic E-state index is 11.6. The van der Waals surface area contributed by atoms with Gasteiger partial charge in [-0.1, -0.05) is 0 Å². The Kier molecular flexibility index (Phi) is 5.14. The van der Waals surface area contributed by atoms with Gasteiger partial charge in [0.1, 0.15) is 11.6 Å². The smallest absolute Gasteiger partial charge is 0.220 e. The molecule has 1 amide bonds. The first-order chi connectivity index (χ1) is 15.6. The van der Waals surface area contributed by atoms with Crippen LogP contribution in [0, 0.1) is 5.92 Å². The minimum Gasteiger partial charge on any atom is -0.369 e. The van der Waals surface area contributed by atoms with E-state index in [1.807, 2.05) is 49.8 Å². The fraction of sp³-hybridized carbons (Fsp3) is 0.261. The van der Waals surface area contributed by atoms with E-state index in [-0.39, 0.29) is 11.8 Å². The van der Waals surface area contributed by atoms with Crippen molar-refractivity contribution in [1.29, 1.82) is 0 Å². The van der Waals surface area contributed by atoms with Crippen molar-refractivity contribution in [3.05, 3.63) is 55.1 Å². The quantitative estimate of drug-likeness (QED) is 0.502. The summed E-state index contributed by atoms with van der Waals surface area (Å²) in [6.45, 7) is 1.48. The van der Waals surface area contributed by atoms with Crippen molar-refractivity contribution >= 4 is 34.1 Å². The molecule has 0 aliphatic carbocycles. The number of pyridine rings is 3. The molecule has 0 bridgehead atoms. The lowest BCUT2D eigenvalue weighted by Crippen LogP contribution is -2.39. The van der Waals surface area contributed by atoms with Crippen LogP contribution in [0.1, 0.15) is 12.8 Å². The monoisotopic (exact) mass is 428 g/mol. The number of nitrogens with two attached hydrogens (primary N) is 1. The average molecular weight is 429 g/mol. The Labute approximate surface area is 185 Å². The molecule has 0 radical (unpaired) electrons. The summed E-state index contributed by atoms with van der Waals surface area (Å²) in [4.78, 5) is 27.6. The second-order valence-electron chi connectivity index (χ2n) is 8.02. The van der Waals surface area contributed by atoms with Crippen LogP contribution < -0.4 is 16.0 Å². The number of hydrogen-bond acceptors (Lipinski definition) is 7. The maximum absolute atomic E-state index is 11.6. The van der Waals surface area contributed by atoms with E-state index in [0.29, 0.717) is 5.82 Å². The number of hydrogen-bond donors (Lipinski definition) is 2. The van der Waals surface area contributed by atoms with Gasteiger partial charge < -0.3 is 16.0 Å². The van der Waals surface area contributed by atoms with Crippen LogP contribution in [0.25, 0.3) is 22.0 Å². The Morgan fingerprint density at radius 3 is 2.72 bits per heavy atom. The summed E-state index contributed by atoms with van der Waals surface area (Å²) in [5.74, 6) is 2.04. The van der Waals surface area contributed by atoms with Crippen LogP contribution in [0.15, 0.2) is 55.1 Å². The van der Waals surface area contributed by atoms with E-state index in [0.717, 1.165) is 59.6 Å². The van der Waals surface area contributed by atoms with Gasteiger partial charge in [-0.25, -0.2) is 9.97 Å². The number of anilines is 3. The molecule has 9 nitrogen and oxygen atoms in total. The first-order valence-electron chi connectivity index (χ1n) is 10.6. The second-order valence-corrected chi connectivity index (χ2v) is 8.02. The van der Waals surface area contributed by atoms with Gasteiger partial charge in [0.2, 0.25) is 5.91 Å². The summed E-state index contributed by atoms with van der Waals surface area (Å²) in [6.07, 6.45) is 8.74. The van der Waals surface area contributed by atoms with E-state index in [1.165, 1.54) is 0 Å². The molecule has 1 saturated heterocycles. The summed E-state index contributed by atoms with van der Waals surface area (Å²) in [5.41, 5.74) is 7.29. The molecular formula is C23H24N8O. The van der Waals surface area contributed by atoms with E-state index in [2.05, 4.69) is 25.3 Å². The summed E-state index contributed by atoms with van der Waals surface area (Å²) in [5, 5.41) is 9.63. The Morgan fingerprint density at radius 1 is 1.12 bits per heavy atom. The molecule has 0 spiro atoms. The molecule has 32 heavy (non-hydrogen) atoms. The molecule has 0 atom stereocenters. The van der Waals surface area contributed by atoms with Crippen molar-refractivity contribution < 1.29 is 4.79 Å². The van der Waals surface area contributed by atoms with E-state index >= 15 is 0 Å². The van der Waals surface area contributed by atoms with Crippen molar-refractivity contribution in [2.45, 2.75) is 12.8 Å². The zero-order valence-corrected chi connectivity index (χ0v) is 17.8. The first kappa shape index (κ1) is 19.9. The lowest BCUT2D eigenvalue weighted by molar-refractivity contribution is -0.122. The molecule has 0 aromatic carbocycles. The van der Waals surface area contributed by atoms with E-state index in [1.54, 1.807) is 17.1 Å². The van der Waals surface area contributed by atoms with E-state index in [4.69, 9.17) is 10.7 Å². The van der Waals surface area contributed by atoms with Gasteiger partial charge in [-0.3, -0.25) is 14.5 Å². The molecule has 1 aliphatic heterocycles. The molecule has 3 N–H and O–H groups in total. The number of primary amides is 1. The normalized spacial score (nSPS) is 14.6. The van der Waals surface area contributed by atoms with E-state index < -0.39 is 0 Å². The van der Waals surface area contributed by atoms with Crippen LogP contribution >= 0.6 is 0 Å². The number of carbonyl (C=O) groups excluding carboxylic acids is 1. The summed E-state index contributed by atoms with van der Waals surface area (Å²) in [7, 11) is 1.87. The predicted molar refractivity (Wildman–Crippen MR) is 123 cm³/mol. The maximum Gasteiger partial charge on any atom is 0.220 e. The van der Waals surface area contributed by atoms with Crippen molar-refractivity contribution in [2.75, 3.05) is 23.3 Å². The van der Waals surface area contributed by atoms with Gasteiger partial charge in [0.15, 0.2) is 5.82 Å². The minimum absolute atomic E-state index is 0.0669. The SMILES string of the molecule is Cn1ccc(Nc2cc(-c3cc4cnccc4c(N4CCC(C(N)=O)CC4)n3)ccn2)n1. The van der Waals surface area contributed by atoms with Crippen molar-refractivity contribution in [2.24, 2.45) is 18.7 Å². The molecule has 4 aromatic rings. The summed E-state index contributed by atoms with van der Waals surface area (Å²) >= 11 is 0. The molecule has 162 valence electrons. The Bertz CT molecular complexity index is 1280. The molecule has 4 aromatic heterocycles. The zero-order valence-electron chi connectivity index (χ0n) is 17.8. The molecule has 9 heteroatoms. The third-order valence-corrected chi connectivity index (χ3v) is 5.83. The number of aromatic nitrogens is 5. The molecule has 1 fully saturated rings. The van der Waals surface area contributed by atoms with Crippen LogP contribution in [-0.4, -0.2) is 43.7 Å². The molecule has 0 unspecified atom stereocenters. The van der Waals surface area contributed by atoms with Gasteiger partial charge in [0.25, 0.3) is 0 Å². The summed E-state index contributed by atoms with van der Waals surface area (Å²) < 4.78 is 1.73. The standard InChI is InChI=1S/C23H24N8O/c1-30-9-6-20(29-30)28-21-13-16(2-8-26-21)19-12-17-14-25-7-3-18(17)23(27-19)31-10-4-15(5-11-31)22(24)32/h2-3,6-9,12-15H,4-5,10-11H2,1H3,(H2,24,32)(H,26,28,29). The fourth-order valence-corrected chi connectivity index (χ4v) is 4.12. The number of rotatable bonds is 5. The summed E-state index contributed by atoms with van der Waals surface area (Å²) in [6, 6.07) is 9.83. The van der Waals surface area contributed by atoms with Gasteiger partial charge in [0.05, 0.1) is 5.69 Å². The number of amides is 1. The highest BCUT2D eigenvalue weighted by Gasteiger charge is 2.25. The first-order valence-corrected chi connectivity index (χ1v) is 10.6. The third kappa shape index (κ3) is 3.96. The van der Waals surface area contributed by atoms with Crippen LogP contribution in [0.2, 0.25) is 0 Å². The van der Waals surface area contributed by atoms with Crippen LogP contribution in [0.5, 0.6) is 0 Å². The fourth-order valence-electron chi connectivity index (χ4n) is 4.12. The number of nitrogens with one attached hydrogen (secondary N) is 1. The van der Waals surface area contributed by atoms with Gasteiger partial charge in [-0.15, -0.1) is 0 Å². The Hall–Kier alpha value is -4.01. The number of carbonyl (C=O) groups is 1. The number of piperidine rings is 1. The highest BCUT2D eigenvalue weighted by Crippen LogP contribution is 2.32. The second kappa shape index (κ2) is 8.26. The molecular weight excluding hydrogens is 404 g/mol. The average Bonchev–Trinajstić information content (AvgIpc) is 3.23. The lowest BCUT2D eigenvalue weighted by atomic mass is 9.96. The minimum atomic E-state index is -0.217.